The maximum Gasteiger partial charge on any atom is 0.416 e. The molecule has 10 heteroatoms. The molecule has 31 heavy (non-hydrogen) atoms. The van der Waals surface area contributed by atoms with Crippen molar-refractivity contribution >= 4 is 11.0 Å². The molecule has 0 bridgehead atoms. The van der Waals surface area contributed by atoms with Crippen molar-refractivity contribution in [2.75, 3.05) is 19.7 Å². The molecule has 1 aliphatic heterocycles. The lowest BCUT2D eigenvalue weighted by molar-refractivity contribution is -0.143. The summed E-state index contributed by atoms with van der Waals surface area (Å²) in [7, 11) is 1.86. The van der Waals surface area contributed by atoms with Crippen molar-refractivity contribution in [1.29, 1.82) is 0 Å². The van der Waals surface area contributed by atoms with Crippen LogP contribution in [-0.4, -0.2) is 34.1 Å². The average molecular weight is 443 g/mol. The van der Waals surface area contributed by atoms with Crippen LogP contribution in [0.4, 0.5) is 26.3 Å². The van der Waals surface area contributed by atoms with Crippen molar-refractivity contribution in [3.05, 3.63) is 65.0 Å². The maximum absolute atomic E-state index is 13.1. The Kier molecular flexibility index (Phi) is 5.47. The van der Waals surface area contributed by atoms with Crippen molar-refractivity contribution in [1.82, 2.24) is 14.5 Å². The van der Waals surface area contributed by atoms with Crippen LogP contribution in [0, 0.1) is 0 Å². The van der Waals surface area contributed by atoms with Gasteiger partial charge in [0.2, 0.25) is 0 Å². The molecule has 0 N–H and O–H groups in total. The Bertz CT molecular complexity index is 1060. The zero-order valence-electron chi connectivity index (χ0n) is 16.5. The number of aromatic nitrogens is 2. The van der Waals surface area contributed by atoms with Gasteiger partial charge < -0.3 is 9.30 Å². The van der Waals surface area contributed by atoms with Crippen LogP contribution in [0.1, 0.15) is 28.4 Å². The average Bonchev–Trinajstić information content (AvgIpc) is 3.07. The maximum atomic E-state index is 13.1. The van der Waals surface area contributed by atoms with Crippen molar-refractivity contribution in [2.45, 2.75) is 25.0 Å². The number of fused-ring (bicyclic) bond motifs is 1. The van der Waals surface area contributed by atoms with Gasteiger partial charge in [-0.2, -0.15) is 26.3 Å². The highest BCUT2D eigenvalue weighted by molar-refractivity contribution is 5.76. The molecular formula is C21H19F6N3O. The number of hydrogen-bond acceptors (Lipinski definition) is 3. The van der Waals surface area contributed by atoms with Crippen molar-refractivity contribution < 1.29 is 31.1 Å². The predicted octanol–water partition coefficient (Wildman–Crippen LogP) is 5.18. The van der Waals surface area contributed by atoms with Crippen LogP contribution in [0.25, 0.3) is 11.0 Å². The molecule has 1 aliphatic rings. The molecule has 0 radical (unpaired) electrons. The van der Waals surface area contributed by atoms with E-state index in [0.717, 1.165) is 28.7 Å². The van der Waals surface area contributed by atoms with Crippen LogP contribution in [0.5, 0.6) is 0 Å². The molecule has 1 atom stereocenters. The number of imidazole rings is 1. The molecule has 4 rings (SSSR count). The van der Waals surface area contributed by atoms with Gasteiger partial charge in [-0.1, -0.05) is 6.07 Å². The molecule has 0 amide bonds. The topological polar surface area (TPSA) is 30.3 Å². The van der Waals surface area contributed by atoms with Gasteiger partial charge in [0.15, 0.2) is 0 Å². The summed E-state index contributed by atoms with van der Waals surface area (Å²) >= 11 is 0. The molecule has 0 aliphatic carbocycles. The minimum Gasteiger partial charge on any atom is -0.371 e. The monoisotopic (exact) mass is 443 g/mol. The fourth-order valence-corrected chi connectivity index (χ4v) is 3.76. The first-order chi connectivity index (χ1) is 14.5. The first-order valence-corrected chi connectivity index (χ1v) is 9.54. The second-order valence-electron chi connectivity index (χ2n) is 7.61. The van der Waals surface area contributed by atoms with Gasteiger partial charge in [-0.3, -0.25) is 4.90 Å². The minimum atomic E-state index is -4.86. The number of morpholine rings is 1. The Morgan fingerprint density at radius 1 is 1.00 bits per heavy atom. The van der Waals surface area contributed by atoms with Gasteiger partial charge in [0.05, 0.1) is 41.2 Å². The summed E-state index contributed by atoms with van der Waals surface area (Å²) in [5.74, 6) is 0. The number of aryl methyl sites for hydroxylation is 1. The number of alkyl halides is 6. The second kappa shape index (κ2) is 7.83. The largest absolute Gasteiger partial charge is 0.416 e. The van der Waals surface area contributed by atoms with Crippen molar-refractivity contribution in [3.63, 3.8) is 0 Å². The molecule has 4 nitrogen and oxygen atoms in total. The third kappa shape index (κ3) is 4.69. The van der Waals surface area contributed by atoms with Crippen LogP contribution >= 0.6 is 0 Å². The van der Waals surface area contributed by atoms with E-state index in [1.54, 1.807) is 11.2 Å². The molecule has 1 unspecified atom stereocenters. The predicted molar refractivity (Wildman–Crippen MR) is 101 cm³/mol. The fourth-order valence-electron chi connectivity index (χ4n) is 3.76. The van der Waals surface area contributed by atoms with E-state index in [1.165, 1.54) is 0 Å². The van der Waals surface area contributed by atoms with E-state index in [0.29, 0.717) is 19.7 Å². The molecular weight excluding hydrogens is 424 g/mol. The van der Waals surface area contributed by atoms with E-state index in [2.05, 4.69) is 4.98 Å². The molecule has 2 aromatic carbocycles. The number of benzene rings is 2. The quantitative estimate of drug-likeness (QED) is 0.523. The van der Waals surface area contributed by atoms with Crippen molar-refractivity contribution in [2.24, 2.45) is 7.05 Å². The third-order valence-corrected chi connectivity index (χ3v) is 5.33. The van der Waals surface area contributed by atoms with E-state index >= 15 is 0 Å². The number of halogens is 6. The summed E-state index contributed by atoms with van der Waals surface area (Å²) in [6.07, 6.45) is -8.38. The Morgan fingerprint density at radius 2 is 1.68 bits per heavy atom. The molecule has 0 saturated carbocycles. The lowest BCUT2D eigenvalue weighted by Gasteiger charge is -2.33. The highest BCUT2D eigenvalue weighted by Gasteiger charge is 2.37. The second-order valence-corrected chi connectivity index (χ2v) is 7.61. The fraction of sp³-hybridized carbons (Fsp3) is 0.381. The lowest BCUT2D eigenvalue weighted by atomic mass is 10.0. The molecule has 3 aromatic rings. The van der Waals surface area contributed by atoms with Crippen LogP contribution in [0.3, 0.4) is 0 Å². The minimum absolute atomic E-state index is 0.0371. The molecule has 1 fully saturated rings. The molecule has 0 spiro atoms. The molecule has 166 valence electrons. The van der Waals surface area contributed by atoms with E-state index in [9.17, 15) is 26.3 Å². The first kappa shape index (κ1) is 21.6. The summed E-state index contributed by atoms with van der Waals surface area (Å²) in [5.41, 5.74) is -0.0354. The Morgan fingerprint density at radius 3 is 2.32 bits per heavy atom. The van der Waals surface area contributed by atoms with Gasteiger partial charge in [-0.15, -0.1) is 0 Å². The Balaban J connectivity index is 1.57. The number of nitrogens with zero attached hydrogens (tertiary/aromatic N) is 3. The molecule has 1 aromatic heterocycles. The first-order valence-electron chi connectivity index (χ1n) is 9.54. The molecule has 1 saturated heterocycles. The van der Waals surface area contributed by atoms with E-state index < -0.39 is 23.5 Å². The number of ether oxygens (including phenoxy) is 1. The van der Waals surface area contributed by atoms with E-state index in [-0.39, 0.29) is 24.3 Å². The zero-order chi connectivity index (χ0) is 22.4. The summed E-state index contributed by atoms with van der Waals surface area (Å²) in [5, 5.41) is 0. The zero-order valence-corrected chi connectivity index (χ0v) is 16.5. The molecule has 2 heterocycles. The highest BCUT2D eigenvalue weighted by atomic mass is 19.4. The smallest absolute Gasteiger partial charge is 0.371 e. The van der Waals surface area contributed by atoms with Crippen LogP contribution in [0.2, 0.25) is 0 Å². The lowest BCUT2D eigenvalue weighted by Crippen LogP contribution is -2.37. The normalized spacial score (nSPS) is 18.6. The Hall–Kier alpha value is -2.59. The number of rotatable bonds is 3. The van der Waals surface area contributed by atoms with Gasteiger partial charge >= 0.3 is 12.4 Å². The summed E-state index contributed by atoms with van der Waals surface area (Å²) < 4.78 is 86.4. The van der Waals surface area contributed by atoms with Crippen molar-refractivity contribution in [3.8, 4) is 0 Å². The van der Waals surface area contributed by atoms with Crippen LogP contribution in [0.15, 0.2) is 42.7 Å². The third-order valence-electron chi connectivity index (χ3n) is 5.33. The van der Waals surface area contributed by atoms with Gasteiger partial charge in [-0.25, -0.2) is 4.98 Å². The summed E-state index contributed by atoms with van der Waals surface area (Å²) in [6, 6.07) is 7.37. The Labute approximate surface area is 174 Å². The highest BCUT2D eigenvalue weighted by Crippen LogP contribution is 2.37. The standard InChI is InChI=1S/C21H19F6N3O/c1-29-12-28-17-3-2-14(8-18(17)29)19-11-30(4-5-31-19)10-13-6-15(20(22,23)24)9-16(7-13)21(25,26)27/h2-3,6-9,12,19H,4-5,10-11H2,1H3. The number of hydrogen-bond donors (Lipinski definition) is 0. The van der Waals surface area contributed by atoms with Gasteiger partial charge in [0.1, 0.15) is 0 Å². The van der Waals surface area contributed by atoms with Crippen LogP contribution in [-0.2, 0) is 30.7 Å². The van der Waals surface area contributed by atoms with E-state index in [4.69, 9.17) is 4.74 Å². The van der Waals surface area contributed by atoms with Gasteiger partial charge in [-0.05, 0) is 41.5 Å². The van der Waals surface area contributed by atoms with Crippen LogP contribution < -0.4 is 0 Å². The summed E-state index contributed by atoms with van der Waals surface area (Å²) in [6.45, 7) is 1.03. The van der Waals surface area contributed by atoms with Gasteiger partial charge in [0.25, 0.3) is 0 Å². The summed E-state index contributed by atoms with van der Waals surface area (Å²) in [4.78, 5) is 6.06. The van der Waals surface area contributed by atoms with Gasteiger partial charge in [0, 0.05) is 26.7 Å². The SMILES string of the molecule is Cn1cnc2ccc(C3CN(Cc4cc(C(F)(F)F)cc(C(F)(F)F)c4)CCO3)cc21. The van der Waals surface area contributed by atoms with E-state index in [1.807, 2.05) is 29.8 Å².